The Bertz CT molecular complexity index is 815. The number of ether oxygens (including phenoxy) is 1. The van der Waals surface area contributed by atoms with Crippen LogP contribution in [0.5, 0.6) is 0 Å². The minimum absolute atomic E-state index is 0.144. The summed E-state index contributed by atoms with van der Waals surface area (Å²) >= 11 is 6.99. The number of methoxy groups -OCH3 is 1. The number of thiophene rings is 1. The third-order valence-corrected chi connectivity index (χ3v) is 5.79. The summed E-state index contributed by atoms with van der Waals surface area (Å²) in [5, 5.41) is 5.28. The summed E-state index contributed by atoms with van der Waals surface area (Å²) in [7, 11) is 1.36. The molecular formula is C20H22ClNO3S. The average molecular weight is 392 g/mol. The Morgan fingerprint density at radius 2 is 2.00 bits per heavy atom. The van der Waals surface area contributed by atoms with Crippen LogP contribution in [-0.4, -0.2) is 24.9 Å². The van der Waals surface area contributed by atoms with Gasteiger partial charge in [-0.1, -0.05) is 18.2 Å². The molecule has 1 amide bonds. The highest BCUT2D eigenvalue weighted by Gasteiger charge is 2.23. The van der Waals surface area contributed by atoms with E-state index in [0.29, 0.717) is 29.3 Å². The summed E-state index contributed by atoms with van der Waals surface area (Å²) in [6.07, 6.45) is 5.55. The third-order valence-electron chi connectivity index (χ3n) is 4.63. The first-order chi connectivity index (χ1) is 12.6. The van der Waals surface area contributed by atoms with Gasteiger partial charge in [-0.15, -0.1) is 22.9 Å². The number of rotatable bonds is 6. The van der Waals surface area contributed by atoms with Crippen LogP contribution < -0.4 is 5.32 Å². The molecule has 0 saturated heterocycles. The van der Waals surface area contributed by atoms with Gasteiger partial charge in [0.05, 0.1) is 7.11 Å². The number of alkyl halides is 1. The van der Waals surface area contributed by atoms with Crippen molar-refractivity contribution in [3.05, 3.63) is 40.3 Å². The smallest absolute Gasteiger partial charge is 0.341 e. The summed E-state index contributed by atoms with van der Waals surface area (Å²) in [5.41, 5.74) is 4.96. The van der Waals surface area contributed by atoms with Gasteiger partial charge in [0, 0.05) is 23.2 Å². The fourth-order valence-corrected chi connectivity index (χ4v) is 4.39. The fraction of sp³-hybridized carbons (Fsp3) is 0.400. The van der Waals surface area contributed by atoms with Crippen LogP contribution in [-0.2, 0) is 22.4 Å². The molecule has 0 saturated carbocycles. The van der Waals surface area contributed by atoms with E-state index in [2.05, 4.69) is 23.5 Å². The number of carbonyl (C=O) groups is 2. The Morgan fingerprint density at radius 1 is 1.23 bits per heavy atom. The van der Waals surface area contributed by atoms with Gasteiger partial charge in [-0.3, -0.25) is 4.79 Å². The highest BCUT2D eigenvalue weighted by molar-refractivity contribution is 7.15. The molecule has 0 spiro atoms. The number of benzene rings is 1. The van der Waals surface area contributed by atoms with Gasteiger partial charge in [0.25, 0.3) is 0 Å². The number of esters is 1. The molecule has 1 heterocycles. The highest BCUT2D eigenvalue weighted by Crippen LogP contribution is 2.37. The fourth-order valence-electron chi connectivity index (χ4n) is 3.28. The normalized spacial score (nSPS) is 13.2. The lowest BCUT2D eigenvalue weighted by molar-refractivity contribution is -0.116. The number of amides is 1. The van der Waals surface area contributed by atoms with Crippen molar-refractivity contribution in [2.24, 2.45) is 0 Å². The lowest BCUT2D eigenvalue weighted by Crippen LogP contribution is -2.14. The van der Waals surface area contributed by atoms with Crippen LogP contribution in [0.2, 0.25) is 0 Å². The largest absolute Gasteiger partial charge is 0.465 e. The van der Waals surface area contributed by atoms with Gasteiger partial charge in [-0.2, -0.15) is 0 Å². The molecule has 0 radical (unpaired) electrons. The van der Waals surface area contributed by atoms with E-state index in [1.807, 2.05) is 5.38 Å². The summed E-state index contributed by atoms with van der Waals surface area (Å²) in [4.78, 5) is 24.4. The minimum atomic E-state index is -0.438. The zero-order chi connectivity index (χ0) is 18.5. The second-order valence-corrected chi connectivity index (χ2v) is 7.63. The van der Waals surface area contributed by atoms with Crippen molar-refractivity contribution in [3.8, 4) is 11.1 Å². The molecule has 0 bridgehead atoms. The van der Waals surface area contributed by atoms with E-state index in [-0.39, 0.29) is 5.91 Å². The molecule has 1 aliphatic rings. The van der Waals surface area contributed by atoms with E-state index in [9.17, 15) is 9.59 Å². The number of carbonyl (C=O) groups excluding carboxylic acids is 2. The van der Waals surface area contributed by atoms with Gasteiger partial charge in [0.1, 0.15) is 10.6 Å². The van der Waals surface area contributed by atoms with E-state index in [1.54, 1.807) is 0 Å². The molecule has 26 heavy (non-hydrogen) atoms. The number of aryl methyl sites for hydroxylation is 2. The second kappa shape index (κ2) is 8.69. The van der Waals surface area contributed by atoms with Crippen molar-refractivity contribution in [3.63, 3.8) is 0 Å². The Morgan fingerprint density at radius 3 is 2.73 bits per heavy atom. The molecule has 0 atom stereocenters. The summed E-state index contributed by atoms with van der Waals surface area (Å²) in [6, 6.07) is 6.38. The molecule has 1 aromatic heterocycles. The Hall–Kier alpha value is -1.85. The maximum atomic E-state index is 12.4. The number of fused-ring (bicyclic) bond motifs is 1. The molecule has 4 nitrogen and oxygen atoms in total. The minimum Gasteiger partial charge on any atom is -0.465 e. The molecule has 1 aliphatic carbocycles. The van der Waals surface area contributed by atoms with E-state index in [0.717, 1.165) is 24.0 Å². The van der Waals surface area contributed by atoms with Crippen molar-refractivity contribution in [2.75, 3.05) is 18.3 Å². The molecule has 2 aromatic rings. The van der Waals surface area contributed by atoms with Gasteiger partial charge >= 0.3 is 5.97 Å². The topological polar surface area (TPSA) is 55.4 Å². The SMILES string of the molecule is COC(=O)c1c(-c2ccc3c(c2)CCCC3)csc1NC(=O)CCCCl. The van der Waals surface area contributed by atoms with Crippen molar-refractivity contribution in [1.82, 2.24) is 0 Å². The van der Waals surface area contributed by atoms with Crippen LogP contribution >= 0.6 is 22.9 Å². The van der Waals surface area contributed by atoms with Gasteiger partial charge in [-0.25, -0.2) is 4.79 Å². The Labute approximate surface area is 162 Å². The standard InChI is InChI=1S/C20H22ClNO3S/c1-25-20(24)18-16(12-26-19(18)22-17(23)7-4-10-21)15-9-8-13-5-2-3-6-14(13)11-15/h8-9,11-12H,2-7,10H2,1H3,(H,22,23). The van der Waals surface area contributed by atoms with E-state index in [1.165, 1.54) is 42.4 Å². The Balaban J connectivity index is 1.94. The van der Waals surface area contributed by atoms with Crippen LogP contribution in [0, 0.1) is 0 Å². The van der Waals surface area contributed by atoms with Crippen molar-refractivity contribution >= 4 is 39.8 Å². The molecule has 0 unspecified atom stereocenters. The third kappa shape index (κ3) is 4.10. The molecule has 6 heteroatoms. The maximum Gasteiger partial charge on any atom is 0.341 e. The zero-order valence-corrected chi connectivity index (χ0v) is 16.3. The molecule has 1 aromatic carbocycles. The van der Waals surface area contributed by atoms with Gasteiger partial charge in [0.15, 0.2) is 0 Å². The molecule has 3 rings (SSSR count). The quantitative estimate of drug-likeness (QED) is 0.554. The van der Waals surface area contributed by atoms with Crippen LogP contribution in [0.1, 0.15) is 47.2 Å². The average Bonchev–Trinajstić information content (AvgIpc) is 3.08. The van der Waals surface area contributed by atoms with E-state index >= 15 is 0 Å². The number of halogens is 1. The first-order valence-electron chi connectivity index (χ1n) is 8.82. The highest BCUT2D eigenvalue weighted by atomic mass is 35.5. The van der Waals surface area contributed by atoms with Crippen LogP contribution in [0.3, 0.4) is 0 Å². The summed E-state index contributed by atoms with van der Waals surface area (Å²) < 4.78 is 4.97. The lowest BCUT2D eigenvalue weighted by Gasteiger charge is -2.16. The molecule has 0 aliphatic heterocycles. The Kier molecular flexibility index (Phi) is 6.33. The first-order valence-corrected chi connectivity index (χ1v) is 10.2. The number of nitrogens with one attached hydrogen (secondary N) is 1. The lowest BCUT2D eigenvalue weighted by atomic mass is 9.89. The predicted molar refractivity (Wildman–Crippen MR) is 106 cm³/mol. The van der Waals surface area contributed by atoms with E-state index in [4.69, 9.17) is 16.3 Å². The van der Waals surface area contributed by atoms with Gasteiger partial charge in [0.2, 0.25) is 5.91 Å². The molecule has 1 N–H and O–H groups in total. The maximum absolute atomic E-state index is 12.4. The van der Waals surface area contributed by atoms with Crippen LogP contribution in [0.4, 0.5) is 5.00 Å². The van der Waals surface area contributed by atoms with Gasteiger partial charge < -0.3 is 10.1 Å². The van der Waals surface area contributed by atoms with Crippen LogP contribution in [0.15, 0.2) is 23.6 Å². The predicted octanol–water partition coefficient (Wildman–Crippen LogP) is 5.04. The van der Waals surface area contributed by atoms with Gasteiger partial charge in [-0.05, 0) is 48.8 Å². The van der Waals surface area contributed by atoms with E-state index < -0.39 is 5.97 Å². The van der Waals surface area contributed by atoms with Crippen molar-refractivity contribution in [2.45, 2.75) is 38.5 Å². The van der Waals surface area contributed by atoms with Crippen molar-refractivity contribution in [1.29, 1.82) is 0 Å². The molecule has 138 valence electrons. The summed E-state index contributed by atoms with van der Waals surface area (Å²) in [6.45, 7) is 0. The molecular weight excluding hydrogens is 370 g/mol. The number of hydrogen-bond acceptors (Lipinski definition) is 4. The zero-order valence-electron chi connectivity index (χ0n) is 14.8. The second-order valence-electron chi connectivity index (χ2n) is 6.38. The number of anilines is 1. The molecule has 0 fully saturated rings. The number of hydrogen-bond donors (Lipinski definition) is 1. The summed E-state index contributed by atoms with van der Waals surface area (Å²) in [5.74, 6) is -0.150. The van der Waals surface area contributed by atoms with Crippen LogP contribution in [0.25, 0.3) is 11.1 Å². The van der Waals surface area contributed by atoms with Crippen molar-refractivity contribution < 1.29 is 14.3 Å². The first kappa shape index (κ1) is 18.9. The monoisotopic (exact) mass is 391 g/mol.